The van der Waals surface area contributed by atoms with E-state index in [0.717, 1.165) is 21.3 Å². The van der Waals surface area contributed by atoms with Crippen molar-refractivity contribution in [3.63, 3.8) is 0 Å². The number of benzene rings is 4. The van der Waals surface area contributed by atoms with Crippen LogP contribution in [0.3, 0.4) is 0 Å². The third kappa shape index (κ3) is 8.62. The number of rotatable bonds is 10. The molecule has 2 aromatic heterocycles. The summed E-state index contributed by atoms with van der Waals surface area (Å²) >= 11 is 9.31. The average molecular weight is 780 g/mol. The van der Waals surface area contributed by atoms with Crippen LogP contribution >= 0.6 is 27.5 Å². The van der Waals surface area contributed by atoms with Crippen LogP contribution in [0.2, 0.25) is 5.02 Å². The first-order valence-electron chi connectivity index (χ1n) is 16.5. The molecule has 4 aromatic carbocycles. The van der Waals surface area contributed by atoms with Gasteiger partial charge in [-0.3, -0.25) is 19.2 Å². The predicted octanol–water partition coefficient (Wildman–Crippen LogP) is 9.17. The Hall–Kier alpha value is -5.65. The molecule has 6 rings (SSSR count). The average Bonchev–Trinajstić information content (AvgIpc) is 3.15. The van der Waals surface area contributed by atoms with E-state index in [1.54, 1.807) is 24.3 Å². The number of aryl methyl sites for hydroxylation is 2. The molecule has 2 N–H and O–H groups in total. The van der Waals surface area contributed by atoms with E-state index in [0.29, 0.717) is 40.8 Å². The number of hydrogen-bond acceptors (Lipinski definition) is 8. The SMILES string of the molecule is CCn1nc(-c2ccccc2)c(C(C)=O)c(Nc2ccc(Br)cc2)c1=O.CCn1nc(-c2ccccc2)c(C(C)=O)c(Nc2ccc(Cl)cc2)c1=O. The molecule has 0 spiro atoms. The first kappa shape index (κ1) is 37.6. The number of Topliss-reactive ketones (excluding diaryl/α,β-unsaturated/α-hetero) is 2. The van der Waals surface area contributed by atoms with E-state index in [9.17, 15) is 19.2 Å². The maximum absolute atomic E-state index is 12.9. The smallest absolute Gasteiger partial charge is 0.291 e. The minimum absolute atomic E-state index is 0.212. The number of nitrogens with zero attached hydrogens (tertiary/aromatic N) is 4. The molecule has 264 valence electrons. The third-order valence-corrected chi connectivity index (χ3v) is 8.72. The van der Waals surface area contributed by atoms with E-state index in [-0.39, 0.29) is 39.6 Å². The number of ketones is 2. The molecule has 12 heteroatoms. The van der Waals surface area contributed by atoms with Gasteiger partial charge in [0, 0.05) is 45.1 Å². The van der Waals surface area contributed by atoms with Crippen LogP contribution in [-0.4, -0.2) is 31.1 Å². The zero-order valence-corrected chi connectivity index (χ0v) is 31.3. The number of anilines is 4. The molecule has 0 bridgehead atoms. The quantitative estimate of drug-likeness (QED) is 0.132. The molecule has 2 heterocycles. The standard InChI is InChI=1S/C20H18BrN3O2.C20H18ClN3O2/c2*1-3-24-20(26)19(22-16-11-9-15(21)10-12-16)17(13(2)25)18(23-24)14-7-5-4-6-8-14/h2*4-12,22H,3H2,1-2H3. The molecule has 0 aliphatic carbocycles. The number of carbonyl (C=O) groups excluding carboxylic acids is 2. The lowest BCUT2D eigenvalue weighted by Gasteiger charge is -2.16. The molecule has 0 saturated heterocycles. The summed E-state index contributed by atoms with van der Waals surface area (Å²) < 4.78 is 3.66. The normalized spacial score (nSPS) is 10.6. The van der Waals surface area contributed by atoms with Crippen LogP contribution in [0.15, 0.2) is 123 Å². The summed E-state index contributed by atoms with van der Waals surface area (Å²) in [6.45, 7) is 7.37. The highest BCUT2D eigenvalue weighted by molar-refractivity contribution is 9.10. The van der Waals surface area contributed by atoms with Gasteiger partial charge in [0.05, 0.1) is 11.1 Å². The van der Waals surface area contributed by atoms with Crippen LogP contribution in [0, 0.1) is 0 Å². The number of halogens is 2. The molecular formula is C40H36BrClN6O4. The van der Waals surface area contributed by atoms with E-state index in [1.165, 1.54) is 23.2 Å². The summed E-state index contributed by atoms with van der Waals surface area (Å²) in [5, 5.41) is 15.6. The fraction of sp³-hybridized carbons (Fsp3) is 0.150. The van der Waals surface area contributed by atoms with Crippen molar-refractivity contribution in [2.45, 2.75) is 40.8 Å². The highest BCUT2D eigenvalue weighted by Crippen LogP contribution is 2.29. The number of nitrogens with one attached hydrogen (secondary N) is 2. The molecule has 10 nitrogen and oxygen atoms in total. The van der Waals surface area contributed by atoms with Gasteiger partial charge in [-0.05, 0) is 76.2 Å². The van der Waals surface area contributed by atoms with Crippen LogP contribution in [0.1, 0.15) is 48.4 Å². The Labute approximate surface area is 314 Å². The summed E-state index contributed by atoms with van der Waals surface area (Å²) in [6.07, 6.45) is 0. The zero-order chi connectivity index (χ0) is 37.4. The Bertz CT molecular complexity index is 2160. The van der Waals surface area contributed by atoms with Gasteiger partial charge in [0.2, 0.25) is 0 Å². The number of carbonyl (C=O) groups is 2. The van der Waals surface area contributed by atoms with Crippen molar-refractivity contribution in [3.05, 3.63) is 151 Å². The highest BCUT2D eigenvalue weighted by Gasteiger charge is 2.23. The van der Waals surface area contributed by atoms with Crippen LogP contribution in [0.4, 0.5) is 22.7 Å². The molecule has 6 aromatic rings. The lowest BCUT2D eigenvalue weighted by Crippen LogP contribution is -2.28. The molecule has 0 saturated carbocycles. The van der Waals surface area contributed by atoms with Crippen LogP contribution < -0.4 is 21.8 Å². The molecule has 0 fully saturated rings. The van der Waals surface area contributed by atoms with Crippen molar-refractivity contribution in [3.8, 4) is 22.5 Å². The zero-order valence-electron chi connectivity index (χ0n) is 29.0. The second-order valence-electron chi connectivity index (χ2n) is 11.5. The van der Waals surface area contributed by atoms with Crippen LogP contribution in [-0.2, 0) is 13.1 Å². The highest BCUT2D eigenvalue weighted by atomic mass is 79.9. The van der Waals surface area contributed by atoms with Gasteiger partial charge in [-0.2, -0.15) is 10.2 Å². The molecule has 0 aliphatic heterocycles. The third-order valence-electron chi connectivity index (χ3n) is 7.94. The summed E-state index contributed by atoms with van der Waals surface area (Å²) in [6, 6.07) is 33.1. The van der Waals surface area contributed by atoms with Crippen LogP contribution in [0.25, 0.3) is 22.5 Å². The van der Waals surface area contributed by atoms with Crippen LogP contribution in [0.5, 0.6) is 0 Å². The van der Waals surface area contributed by atoms with Crippen molar-refractivity contribution in [1.29, 1.82) is 0 Å². The molecule has 0 aliphatic rings. The van der Waals surface area contributed by atoms with Gasteiger partial charge in [0.25, 0.3) is 11.1 Å². The minimum atomic E-state index is -0.340. The van der Waals surface area contributed by atoms with Gasteiger partial charge >= 0.3 is 0 Å². The summed E-state index contributed by atoms with van der Waals surface area (Å²) in [5.74, 6) is -0.440. The molecule has 0 radical (unpaired) electrons. The molecule has 0 atom stereocenters. The topological polar surface area (TPSA) is 128 Å². The van der Waals surface area contributed by atoms with Crippen molar-refractivity contribution in [1.82, 2.24) is 19.6 Å². The monoisotopic (exact) mass is 778 g/mol. The molecule has 0 amide bonds. The second kappa shape index (κ2) is 17.0. The van der Waals surface area contributed by atoms with Gasteiger partial charge < -0.3 is 10.6 Å². The number of hydrogen-bond donors (Lipinski definition) is 2. The van der Waals surface area contributed by atoms with E-state index >= 15 is 0 Å². The maximum atomic E-state index is 12.9. The largest absolute Gasteiger partial charge is 0.350 e. The lowest BCUT2D eigenvalue weighted by molar-refractivity contribution is 0.101. The second-order valence-corrected chi connectivity index (χ2v) is 12.9. The molecule has 0 unspecified atom stereocenters. The van der Waals surface area contributed by atoms with Crippen molar-refractivity contribution in [2.24, 2.45) is 0 Å². The molecule has 52 heavy (non-hydrogen) atoms. The summed E-state index contributed by atoms with van der Waals surface area (Å²) in [4.78, 5) is 50.5. The van der Waals surface area contributed by atoms with Crippen molar-refractivity contribution in [2.75, 3.05) is 10.6 Å². The van der Waals surface area contributed by atoms with Crippen molar-refractivity contribution >= 4 is 61.8 Å². The summed E-state index contributed by atoms with van der Waals surface area (Å²) in [7, 11) is 0. The fourth-order valence-electron chi connectivity index (χ4n) is 5.44. The minimum Gasteiger partial charge on any atom is -0.350 e. The Morgan fingerprint density at radius 2 is 0.981 bits per heavy atom. The number of aromatic nitrogens is 4. The predicted molar refractivity (Wildman–Crippen MR) is 211 cm³/mol. The van der Waals surface area contributed by atoms with Crippen molar-refractivity contribution < 1.29 is 9.59 Å². The van der Waals surface area contributed by atoms with E-state index in [2.05, 4.69) is 36.8 Å². The van der Waals surface area contributed by atoms with Gasteiger partial charge in [0.1, 0.15) is 22.8 Å². The molecular weight excluding hydrogens is 744 g/mol. The van der Waals surface area contributed by atoms with E-state index in [1.807, 2.05) is 98.8 Å². The Balaban J connectivity index is 0.000000201. The van der Waals surface area contributed by atoms with Gasteiger partial charge in [-0.25, -0.2) is 9.36 Å². The first-order valence-corrected chi connectivity index (χ1v) is 17.7. The fourth-order valence-corrected chi connectivity index (χ4v) is 5.83. The Morgan fingerprint density at radius 1 is 0.615 bits per heavy atom. The van der Waals surface area contributed by atoms with Gasteiger partial charge in [-0.1, -0.05) is 88.2 Å². The lowest BCUT2D eigenvalue weighted by atomic mass is 10.0. The van der Waals surface area contributed by atoms with Gasteiger partial charge in [0.15, 0.2) is 11.6 Å². The summed E-state index contributed by atoms with van der Waals surface area (Å²) in [5.41, 5.74) is 4.32. The maximum Gasteiger partial charge on any atom is 0.291 e. The van der Waals surface area contributed by atoms with Gasteiger partial charge in [-0.15, -0.1) is 0 Å². The van der Waals surface area contributed by atoms with E-state index in [4.69, 9.17) is 11.6 Å². The van der Waals surface area contributed by atoms with E-state index < -0.39 is 0 Å². The Kier molecular flexibility index (Phi) is 12.3. The first-order chi connectivity index (χ1) is 25.0. The Morgan fingerprint density at radius 3 is 1.33 bits per heavy atom.